The van der Waals surface area contributed by atoms with Gasteiger partial charge in [0, 0.05) is 44.1 Å². The van der Waals surface area contributed by atoms with E-state index in [-0.39, 0.29) is 54.0 Å². The number of likely N-dealkylation sites (tertiary alicyclic amines) is 1. The van der Waals surface area contributed by atoms with E-state index in [1.807, 2.05) is 36.4 Å². The van der Waals surface area contributed by atoms with Gasteiger partial charge in [-0.2, -0.15) is 5.10 Å². The van der Waals surface area contributed by atoms with E-state index < -0.39 is 17.5 Å². The number of piperidine rings is 1. The Kier molecular flexibility index (Phi) is 10.3. The van der Waals surface area contributed by atoms with Crippen molar-refractivity contribution < 1.29 is 33.3 Å². The van der Waals surface area contributed by atoms with Gasteiger partial charge >= 0.3 is 0 Å². The van der Waals surface area contributed by atoms with Crippen molar-refractivity contribution in [2.24, 2.45) is 0 Å². The number of imide groups is 1. The Morgan fingerprint density at radius 2 is 1.64 bits per heavy atom. The fourth-order valence-electron chi connectivity index (χ4n) is 7.86. The first kappa shape index (κ1) is 35.9. The minimum atomic E-state index is -0.844. The molecule has 55 heavy (non-hydrogen) atoms. The zero-order valence-corrected chi connectivity index (χ0v) is 30.0. The van der Waals surface area contributed by atoms with Crippen LogP contribution in [-0.4, -0.2) is 68.9 Å². The number of phenolic OH excluding ortho intramolecular Hbond substituents is 1. The Bertz CT molecular complexity index is 2230. The summed E-state index contributed by atoms with van der Waals surface area (Å²) in [7, 11) is 0. The number of hydrogen-bond acceptors (Lipinski definition) is 10. The largest absolute Gasteiger partial charge is 0.508 e. The number of ether oxygens (including phenoxy) is 3. The SMILES string of the molecule is O=C1CCC(n2ncc(Oc3ccc(O[C@H]4CCN(CCOc5ccc([C@H]6c7ccc(O)cc7CC[C@H]6c6ccc(F)cc6)cc5)C4)nc3)cc2=O)C(=O)N1. The Morgan fingerprint density at radius 3 is 2.40 bits per heavy atom. The molecule has 2 aromatic heterocycles. The molecule has 2 fully saturated rings. The summed E-state index contributed by atoms with van der Waals surface area (Å²) in [6.45, 7) is 2.86. The average Bonchev–Trinajstić information content (AvgIpc) is 3.63. The second-order valence-electron chi connectivity index (χ2n) is 14.2. The van der Waals surface area contributed by atoms with E-state index in [1.54, 1.807) is 18.2 Å². The number of nitrogens with one attached hydrogen (secondary N) is 1. The van der Waals surface area contributed by atoms with Crippen LogP contribution in [0.2, 0.25) is 0 Å². The summed E-state index contributed by atoms with van der Waals surface area (Å²) in [5.74, 6) is 1.18. The lowest BCUT2D eigenvalue weighted by atomic mass is 9.69. The second kappa shape index (κ2) is 15.7. The molecule has 0 radical (unpaired) electrons. The maximum absolute atomic E-state index is 13.8. The number of hydrogen-bond donors (Lipinski definition) is 2. The maximum Gasteiger partial charge on any atom is 0.271 e. The van der Waals surface area contributed by atoms with Crippen molar-refractivity contribution >= 4 is 11.8 Å². The topological polar surface area (TPSA) is 145 Å². The lowest BCUT2D eigenvalue weighted by Crippen LogP contribution is -2.45. The van der Waals surface area contributed by atoms with Gasteiger partial charge in [0.1, 0.15) is 41.8 Å². The van der Waals surface area contributed by atoms with Gasteiger partial charge in [0.25, 0.3) is 11.5 Å². The number of benzene rings is 3. The first-order valence-corrected chi connectivity index (χ1v) is 18.5. The van der Waals surface area contributed by atoms with Crippen LogP contribution in [0.25, 0.3) is 0 Å². The van der Waals surface area contributed by atoms with Crippen LogP contribution in [0, 0.1) is 5.82 Å². The highest BCUT2D eigenvalue weighted by Gasteiger charge is 2.33. The van der Waals surface area contributed by atoms with Crippen LogP contribution in [0.15, 0.2) is 102 Å². The summed E-state index contributed by atoms with van der Waals surface area (Å²) in [6.07, 6.45) is 5.76. The van der Waals surface area contributed by atoms with Gasteiger partial charge in [0.2, 0.25) is 11.8 Å². The van der Waals surface area contributed by atoms with Gasteiger partial charge in [-0.15, -0.1) is 0 Å². The predicted octanol–water partition coefficient (Wildman–Crippen LogP) is 5.65. The van der Waals surface area contributed by atoms with Gasteiger partial charge in [-0.3, -0.25) is 24.6 Å². The summed E-state index contributed by atoms with van der Waals surface area (Å²) in [5.41, 5.74) is 4.06. The fraction of sp³-hybridized carbons (Fsp3) is 0.310. The summed E-state index contributed by atoms with van der Waals surface area (Å²) in [5, 5.41) is 16.4. The van der Waals surface area contributed by atoms with E-state index in [0.29, 0.717) is 18.2 Å². The highest BCUT2D eigenvalue weighted by Crippen LogP contribution is 2.47. The molecule has 2 amide bonds. The highest BCUT2D eigenvalue weighted by atomic mass is 19.1. The molecule has 2 N–H and O–H groups in total. The van der Waals surface area contributed by atoms with Crippen molar-refractivity contribution in [2.75, 3.05) is 26.2 Å². The second-order valence-corrected chi connectivity index (χ2v) is 14.2. The third-order valence-corrected chi connectivity index (χ3v) is 10.6. The first-order chi connectivity index (χ1) is 26.8. The van der Waals surface area contributed by atoms with E-state index in [1.165, 1.54) is 36.2 Å². The Balaban J connectivity index is 0.816. The van der Waals surface area contributed by atoms with Crippen LogP contribution in [0.1, 0.15) is 65.8 Å². The zero-order valence-electron chi connectivity index (χ0n) is 30.0. The number of pyridine rings is 1. The molecule has 1 unspecified atom stereocenters. The van der Waals surface area contributed by atoms with Crippen LogP contribution in [0.5, 0.6) is 28.9 Å². The van der Waals surface area contributed by atoms with Crippen molar-refractivity contribution in [3.8, 4) is 28.9 Å². The van der Waals surface area contributed by atoms with Crippen LogP contribution < -0.4 is 25.1 Å². The number of carbonyl (C=O) groups is 2. The minimum absolute atomic E-state index is 0.0306. The van der Waals surface area contributed by atoms with Crippen molar-refractivity contribution in [3.05, 3.63) is 136 Å². The molecule has 0 spiro atoms. The van der Waals surface area contributed by atoms with Crippen LogP contribution in [0.3, 0.4) is 0 Å². The molecule has 13 heteroatoms. The number of aromatic hydroxyl groups is 1. The fourth-order valence-corrected chi connectivity index (χ4v) is 7.86. The number of phenols is 1. The smallest absolute Gasteiger partial charge is 0.271 e. The summed E-state index contributed by atoms with van der Waals surface area (Å²) >= 11 is 0. The predicted molar refractivity (Wildman–Crippen MR) is 199 cm³/mol. The third kappa shape index (κ3) is 8.21. The highest BCUT2D eigenvalue weighted by molar-refractivity contribution is 5.99. The number of halogens is 1. The van der Waals surface area contributed by atoms with E-state index in [9.17, 15) is 23.9 Å². The number of carbonyl (C=O) groups excluding carboxylic acids is 2. The number of nitrogens with zero attached hydrogens (tertiary/aromatic N) is 4. The van der Waals surface area contributed by atoms with Crippen molar-refractivity contribution in [2.45, 2.75) is 56.1 Å². The van der Waals surface area contributed by atoms with E-state index in [2.05, 4.69) is 32.4 Å². The van der Waals surface area contributed by atoms with E-state index >= 15 is 0 Å². The zero-order chi connectivity index (χ0) is 37.9. The Hall–Kier alpha value is -6.08. The van der Waals surface area contributed by atoms with Crippen LogP contribution in [-0.2, 0) is 16.0 Å². The molecule has 3 aromatic carbocycles. The first-order valence-electron chi connectivity index (χ1n) is 18.5. The van der Waals surface area contributed by atoms with E-state index in [4.69, 9.17) is 14.2 Å². The Labute approximate surface area is 316 Å². The quantitative estimate of drug-likeness (QED) is 0.163. The lowest BCUT2D eigenvalue weighted by molar-refractivity contribution is -0.136. The van der Waals surface area contributed by atoms with Gasteiger partial charge in [-0.1, -0.05) is 30.3 Å². The van der Waals surface area contributed by atoms with Crippen molar-refractivity contribution in [1.82, 2.24) is 25.0 Å². The molecule has 3 aliphatic rings. The normalized spacial score (nSPS) is 21.1. The van der Waals surface area contributed by atoms with E-state index in [0.717, 1.165) is 66.0 Å². The van der Waals surface area contributed by atoms with Gasteiger partial charge in [0.15, 0.2) is 5.75 Å². The summed E-state index contributed by atoms with van der Waals surface area (Å²) in [4.78, 5) is 42.9. The monoisotopic (exact) mass is 745 g/mol. The molecule has 1 aliphatic carbocycles. The third-order valence-electron chi connectivity index (χ3n) is 10.6. The van der Waals surface area contributed by atoms with Gasteiger partial charge in [0.05, 0.1) is 12.4 Å². The summed E-state index contributed by atoms with van der Waals surface area (Å²) in [6, 6.07) is 24.5. The molecule has 4 heterocycles. The van der Waals surface area contributed by atoms with Gasteiger partial charge in [-0.05, 0) is 96.3 Å². The minimum Gasteiger partial charge on any atom is -0.508 e. The number of amides is 2. The molecule has 4 atom stereocenters. The molecular formula is C42H40FN5O7. The molecule has 12 nitrogen and oxygen atoms in total. The molecule has 282 valence electrons. The number of fused-ring (bicyclic) bond motifs is 1. The average molecular weight is 746 g/mol. The molecule has 8 rings (SSSR count). The van der Waals surface area contributed by atoms with Crippen LogP contribution >= 0.6 is 0 Å². The Morgan fingerprint density at radius 1 is 0.836 bits per heavy atom. The molecule has 0 saturated carbocycles. The van der Waals surface area contributed by atoms with Crippen molar-refractivity contribution in [1.29, 1.82) is 0 Å². The number of aryl methyl sites for hydroxylation is 1. The molecular weight excluding hydrogens is 705 g/mol. The van der Waals surface area contributed by atoms with Gasteiger partial charge in [-0.25, -0.2) is 14.1 Å². The molecule has 2 aliphatic heterocycles. The lowest BCUT2D eigenvalue weighted by Gasteiger charge is -2.35. The van der Waals surface area contributed by atoms with Crippen LogP contribution in [0.4, 0.5) is 4.39 Å². The molecule has 5 aromatic rings. The molecule has 2 saturated heterocycles. The number of aromatic nitrogens is 3. The van der Waals surface area contributed by atoms with Gasteiger partial charge < -0.3 is 19.3 Å². The molecule has 0 bridgehead atoms. The summed E-state index contributed by atoms with van der Waals surface area (Å²) < 4.78 is 32.9. The van der Waals surface area contributed by atoms with Crippen molar-refractivity contribution in [3.63, 3.8) is 0 Å². The maximum atomic E-state index is 13.8. The number of rotatable bonds is 11. The standard InChI is InChI=1S/C42H40FN5O7/c43-29-6-1-26(2-7-29)35-12-5-28-21-30(49)8-13-36(28)41(35)27-3-9-31(10-4-27)53-20-19-47-18-17-33(25-47)55-39-16-11-32(23-44-39)54-34-22-40(51)48(45-24-34)37-14-15-38(50)46-42(37)52/h1-4,6-11,13,16,21-24,33,35,37,41,49H,5,12,14-15,17-20,25H2,(H,46,50,52)/t33-,35-,37?,41+/m0/s1.